The van der Waals surface area contributed by atoms with Gasteiger partial charge in [0, 0.05) is 5.56 Å². The molecule has 2 N–H and O–H groups in total. The van der Waals surface area contributed by atoms with Crippen LogP contribution < -0.4 is 5.73 Å². The summed E-state index contributed by atoms with van der Waals surface area (Å²) in [6.45, 7) is 0. The molecular formula is C17H11BrN2. The number of nitrogen functional groups attached to an aromatic ring is 1. The predicted octanol–water partition coefficient (Wildman–Crippen LogP) is 3.98. The van der Waals surface area contributed by atoms with Crippen LogP contribution in [-0.2, 0) is 0 Å². The first-order valence-corrected chi connectivity index (χ1v) is 6.94. The van der Waals surface area contributed by atoms with Gasteiger partial charge in [-0.05, 0) is 56.9 Å². The first kappa shape index (κ1) is 12.7. The van der Waals surface area contributed by atoms with Crippen molar-refractivity contribution in [3.8, 4) is 11.8 Å². The summed E-state index contributed by atoms with van der Waals surface area (Å²) in [6, 6.07) is 18.0. The van der Waals surface area contributed by atoms with Crippen molar-refractivity contribution in [1.29, 1.82) is 0 Å². The summed E-state index contributed by atoms with van der Waals surface area (Å²) in [5.41, 5.74) is 7.28. The van der Waals surface area contributed by atoms with E-state index in [9.17, 15) is 0 Å². The van der Waals surface area contributed by atoms with Crippen LogP contribution in [0.3, 0.4) is 0 Å². The van der Waals surface area contributed by atoms with E-state index >= 15 is 0 Å². The standard InChI is InChI=1S/C17H11BrN2/c18-15-8-10-17(19)20-16(15)9-6-12-5-7-13-3-1-2-4-14(13)11-12/h1-5,7-8,10-11H,(H2,19,20). The van der Waals surface area contributed by atoms with Gasteiger partial charge in [0.05, 0.1) is 4.47 Å². The van der Waals surface area contributed by atoms with Crippen molar-refractivity contribution in [2.75, 3.05) is 5.73 Å². The molecule has 0 spiro atoms. The number of anilines is 1. The van der Waals surface area contributed by atoms with Gasteiger partial charge in [-0.3, -0.25) is 0 Å². The van der Waals surface area contributed by atoms with Gasteiger partial charge in [0.2, 0.25) is 0 Å². The quantitative estimate of drug-likeness (QED) is 0.636. The third-order valence-electron chi connectivity index (χ3n) is 2.94. The minimum Gasteiger partial charge on any atom is -0.384 e. The molecule has 3 aromatic rings. The van der Waals surface area contributed by atoms with Crippen molar-refractivity contribution in [2.45, 2.75) is 0 Å². The molecule has 0 unspecified atom stereocenters. The van der Waals surface area contributed by atoms with Crippen LogP contribution in [0, 0.1) is 11.8 Å². The molecule has 0 saturated heterocycles. The monoisotopic (exact) mass is 322 g/mol. The second kappa shape index (κ2) is 5.36. The maximum Gasteiger partial charge on any atom is 0.130 e. The van der Waals surface area contributed by atoms with Crippen molar-refractivity contribution >= 4 is 32.5 Å². The molecular weight excluding hydrogens is 312 g/mol. The van der Waals surface area contributed by atoms with Gasteiger partial charge in [-0.1, -0.05) is 36.3 Å². The van der Waals surface area contributed by atoms with E-state index in [4.69, 9.17) is 5.73 Å². The third-order valence-corrected chi connectivity index (χ3v) is 3.58. The summed E-state index contributed by atoms with van der Waals surface area (Å²) >= 11 is 3.42. The zero-order valence-corrected chi connectivity index (χ0v) is 12.2. The summed E-state index contributed by atoms with van der Waals surface area (Å²) in [5.74, 6) is 6.64. The van der Waals surface area contributed by atoms with Crippen molar-refractivity contribution in [3.63, 3.8) is 0 Å². The van der Waals surface area contributed by atoms with Gasteiger partial charge in [-0.2, -0.15) is 0 Å². The van der Waals surface area contributed by atoms with Crippen molar-refractivity contribution in [2.24, 2.45) is 0 Å². The number of nitrogens with two attached hydrogens (primary N) is 1. The van der Waals surface area contributed by atoms with Crippen LogP contribution in [-0.4, -0.2) is 4.98 Å². The maximum atomic E-state index is 5.67. The fourth-order valence-corrected chi connectivity index (χ4v) is 2.26. The minimum atomic E-state index is 0.469. The van der Waals surface area contributed by atoms with Crippen molar-refractivity contribution in [1.82, 2.24) is 4.98 Å². The third kappa shape index (κ3) is 2.66. The van der Waals surface area contributed by atoms with Crippen LogP contribution in [0.4, 0.5) is 5.82 Å². The first-order chi connectivity index (χ1) is 9.72. The van der Waals surface area contributed by atoms with E-state index in [2.05, 4.69) is 57.0 Å². The second-order valence-corrected chi connectivity index (χ2v) is 5.23. The van der Waals surface area contributed by atoms with Crippen molar-refractivity contribution < 1.29 is 0 Å². The number of pyridine rings is 1. The second-order valence-electron chi connectivity index (χ2n) is 4.38. The van der Waals surface area contributed by atoms with Crippen LogP contribution in [0.5, 0.6) is 0 Å². The van der Waals surface area contributed by atoms with Crippen LogP contribution in [0.25, 0.3) is 10.8 Å². The van der Waals surface area contributed by atoms with E-state index in [1.165, 1.54) is 10.8 Å². The maximum absolute atomic E-state index is 5.67. The van der Waals surface area contributed by atoms with Crippen molar-refractivity contribution in [3.05, 3.63) is 70.3 Å². The Morgan fingerprint density at radius 2 is 1.70 bits per heavy atom. The van der Waals surface area contributed by atoms with Gasteiger partial charge >= 0.3 is 0 Å². The van der Waals surface area contributed by atoms with Crippen LogP contribution in [0.1, 0.15) is 11.3 Å². The Hall–Kier alpha value is -2.31. The number of benzene rings is 2. The highest BCUT2D eigenvalue weighted by atomic mass is 79.9. The Kier molecular flexibility index (Phi) is 3.41. The highest BCUT2D eigenvalue weighted by Gasteiger charge is 1.98. The Morgan fingerprint density at radius 3 is 2.55 bits per heavy atom. The van der Waals surface area contributed by atoms with Crippen LogP contribution >= 0.6 is 15.9 Å². The van der Waals surface area contributed by atoms with E-state index in [0.717, 1.165) is 10.0 Å². The lowest BCUT2D eigenvalue weighted by atomic mass is 10.1. The topological polar surface area (TPSA) is 38.9 Å². The summed E-state index contributed by atoms with van der Waals surface area (Å²) in [7, 11) is 0. The first-order valence-electron chi connectivity index (χ1n) is 6.15. The SMILES string of the molecule is Nc1ccc(Br)c(C#Cc2ccc3ccccc3c2)n1. The van der Waals surface area contributed by atoms with E-state index in [1.54, 1.807) is 6.07 Å². The Balaban J connectivity index is 2.01. The lowest BCUT2D eigenvalue weighted by Gasteiger charge is -1.98. The van der Waals surface area contributed by atoms with E-state index < -0.39 is 0 Å². The van der Waals surface area contributed by atoms with E-state index in [-0.39, 0.29) is 0 Å². The fraction of sp³-hybridized carbons (Fsp3) is 0. The van der Waals surface area contributed by atoms with E-state index in [0.29, 0.717) is 11.5 Å². The average molecular weight is 323 g/mol. The zero-order valence-electron chi connectivity index (χ0n) is 10.6. The molecule has 2 nitrogen and oxygen atoms in total. The van der Waals surface area contributed by atoms with Gasteiger partial charge in [-0.25, -0.2) is 4.98 Å². The molecule has 0 aliphatic carbocycles. The number of aromatic nitrogens is 1. The molecule has 1 aromatic heterocycles. The number of rotatable bonds is 0. The summed E-state index contributed by atoms with van der Waals surface area (Å²) in [5, 5.41) is 2.39. The summed E-state index contributed by atoms with van der Waals surface area (Å²) in [4.78, 5) is 4.21. The molecule has 1 heterocycles. The molecule has 0 amide bonds. The van der Waals surface area contributed by atoms with Gasteiger partial charge < -0.3 is 5.73 Å². The molecule has 3 rings (SSSR count). The molecule has 3 heteroatoms. The Bertz CT molecular complexity index is 844. The highest BCUT2D eigenvalue weighted by molar-refractivity contribution is 9.10. The van der Waals surface area contributed by atoms with E-state index in [1.807, 2.05) is 24.3 Å². The van der Waals surface area contributed by atoms with Gasteiger partial charge in [0.1, 0.15) is 11.5 Å². The molecule has 0 fully saturated rings. The lowest BCUT2D eigenvalue weighted by molar-refractivity contribution is 1.28. The highest BCUT2D eigenvalue weighted by Crippen LogP contribution is 2.17. The Labute approximate surface area is 125 Å². The minimum absolute atomic E-state index is 0.469. The number of fused-ring (bicyclic) bond motifs is 1. The molecule has 2 aromatic carbocycles. The van der Waals surface area contributed by atoms with Crippen LogP contribution in [0.15, 0.2) is 59.1 Å². The largest absolute Gasteiger partial charge is 0.384 e. The molecule has 96 valence electrons. The van der Waals surface area contributed by atoms with Gasteiger partial charge in [0.25, 0.3) is 0 Å². The number of hydrogen-bond donors (Lipinski definition) is 1. The Morgan fingerprint density at radius 1 is 0.900 bits per heavy atom. The molecule has 0 saturated carbocycles. The number of hydrogen-bond acceptors (Lipinski definition) is 2. The summed E-state index contributed by atoms with van der Waals surface area (Å²) < 4.78 is 0.847. The molecule has 0 aliphatic heterocycles. The fourth-order valence-electron chi connectivity index (χ4n) is 1.94. The van der Waals surface area contributed by atoms with Gasteiger partial charge in [0.15, 0.2) is 0 Å². The van der Waals surface area contributed by atoms with Gasteiger partial charge in [-0.15, -0.1) is 0 Å². The number of nitrogens with zero attached hydrogens (tertiary/aromatic N) is 1. The average Bonchev–Trinajstić information content (AvgIpc) is 2.48. The molecule has 0 aliphatic rings. The zero-order chi connectivity index (χ0) is 13.9. The molecule has 0 atom stereocenters. The predicted molar refractivity (Wildman–Crippen MR) is 86.3 cm³/mol. The number of halogens is 1. The summed E-state index contributed by atoms with van der Waals surface area (Å²) in [6.07, 6.45) is 0. The molecule has 20 heavy (non-hydrogen) atoms. The molecule has 0 bridgehead atoms. The molecule has 0 radical (unpaired) electrons. The lowest BCUT2D eigenvalue weighted by Crippen LogP contribution is -1.92. The normalized spacial score (nSPS) is 10.1. The van der Waals surface area contributed by atoms with Crippen LogP contribution in [0.2, 0.25) is 0 Å². The smallest absolute Gasteiger partial charge is 0.130 e.